The molecule has 2 saturated heterocycles. The summed E-state index contributed by atoms with van der Waals surface area (Å²) >= 11 is 0. The minimum absolute atomic E-state index is 0.0194. The van der Waals surface area contributed by atoms with Gasteiger partial charge in [0.2, 0.25) is 11.8 Å². The van der Waals surface area contributed by atoms with Crippen molar-refractivity contribution in [2.24, 2.45) is 5.92 Å². The lowest BCUT2D eigenvalue weighted by atomic mass is 10.1. The Labute approximate surface area is 180 Å². The summed E-state index contributed by atoms with van der Waals surface area (Å²) in [7, 11) is 0. The molecule has 1 aromatic heterocycles. The van der Waals surface area contributed by atoms with Crippen molar-refractivity contribution in [2.45, 2.75) is 38.8 Å². The fourth-order valence-electron chi connectivity index (χ4n) is 4.31. The number of hydrogen-bond donors (Lipinski definition) is 2. The van der Waals surface area contributed by atoms with Crippen LogP contribution in [0.5, 0.6) is 0 Å². The van der Waals surface area contributed by atoms with E-state index in [0.717, 1.165) is 41.9 Å². The number of fused-ring (bicyclic) bond motifs is 1. The number of anilines is 1. The van der Waals surface area contributed by atoms with Gasteiger partial charge < -0.3 is 19.9 Å². The highest BCUT2D eigenvalue weighted by Gasteiger charge is 2.34. The fourth-order valence-corrected chi connectivity index (χ4v) is 4.31. The number of nitrogens with one attached hydrogen (secondary N) is 2. The number of ether oxygens (including phenoxy) is 1. The number of H-pyrrole nitrogens is 1. The first kappa shape index (κ1) is 19.8. The molecular formula is C24H26N4O3. The summed E-state index contributed by atoms with van der Waals surface area (Å²) in [5.41, 5.74) is 4.68. The predicted molar refractivity (Wildman–Crippen MR) is 117 cm³/mol. The molecule has 2 atom stereocenters. The van der Waals surface area contributed by atoms with E-state index >= 15 is 0 Å². The van der Waals surface area contributed by atoms with Crippen LogP contribution in [0.25, 0.3) is 11.0 Å². The van der Waals surface area contributed by atoms with Gasteiger partial charge in [0.25, 0.3) is 0 Å². The van der Waals surface area contributed by atoms with Crippen LogP contribution < -0.4 is 5.32 Å². The molecule has 2 fully saturated rings. The summed E-state index contributed by atoms with van der Waals surface area (Å²) in [5.74, 6) is 0.380. The molecule has 2 aliphatic heterocycles. The van der Waals surface area contributed by atoms with E-state index in [1.807, 2.05) is 49.4 Å². The predicted octanol–water partition coefficient (Wildman–Crippen LogP) is 3.71. The first-order valence-corrected chi connectivity index (χ1v) is 10.8. The van der Waals surface area contributed by atoms with Crippen LogP contribution >= 0.6 is 0 Å². The van der Waals surface area contributed by atoms with Crippen molar-refractivity contribution in [1.29, 1.82) is 0 Å². The maximum atomic E-state index is 12.8. The topological polar surface area (TPSA) is 87.3 Å². The second kappa shape index (κ2) is 8.15. The zero-order chi connectivity index (χ0) is 21.4. The van der Waals surface area contributed by atoms with Gasteiger partial charge in [-0.05, 0) is 43.5 Å². The lowest BCUT2D eigenvalue weighted by Crippen LogP contribution is -2.28. The highest BCUT2D eigenvalue weighted by atomic mass is 16.5. The van der Waals surface area contributed by atoms with E-state index in [4.69, 9.17) is 4.74 Å². The molecule has 5 rings (SSSR count). The summed E-state index contributed by atoms with van der Waals surface area (Å²) in [5, 5.41) is 2.97. The SMILES string of the molecule is Cc1ccc(CN2CC(C(=O)Nc3ccc4nc(C5CCCO5)[nH]c4c3)CC2=O)cc1. The number of hydrogen-bond acceptors (Lipinski definition) is 4. The summed E-state index contributed by atoms with van der Waals surface area (Å²) in [6.45, 7) is 3.78. The summed E-state index contributed by atoms with van der Waals surface area (Å²) in [6.07, 6.45) is 2.28. The molecule has 0 spiro atoms. The molecule has 0 aliphatic carbocycles. The molecule has 2 N–H and O–H groups in total. The van der Waals surface area contributed by atoms with Crippen LogP contribution in [0.2, 0.25) is 0 Å². The normalized spacial score (nSPS) is 21.2. The number of amides is 2. The van der Waals surface area contributed by atoms with E-state index in [0.29, 0.717) is 18.8 Å². The molecule has 2 aliphatic rings. The van der Waals surface area contributed by atoms with Crippen LogP contribution in [0, 0.1) is 12.8 Å². The summed E-state index contributed by atoms with van der Waals surface area (Å²) < 4.78 is 5.70. The van der Waals surface area contributed by atoms with Gasteiger partial charge in [-0.1, -0.05) is 29.8 Å². The van der Waals surface area contributed by atoms with Crippen LogP contribution in [-0.2, 0) is 20.9 Å². The second-order valence-corrected chi connectivity index (χ2v) is 8.51. The van der Waals surface area contributed by atoms with Gasteiger partial charge >= 0.3 is 0 Å². The number of aryl methyl sites for hydroxylation is 1. The Bertz CT molecular complexity index is 1120. The van der Waals surface area contributed by atoms with E-state index in [1.165, 1.54) is 5.56 Å². The fraction of sp³-hybridized carbons (Fsp3) is 0.375. The molecular weight excluding hydrogens is 392 g/mol. The molecule has 3 heterocycles. The van der Waals surface area contributed by atoms with Gasteiger partial charge in [0.15, 0.2) is 0 Å². The van der Waals surface area contributed by atoms with Crippen LogP contribution in [0.3, 0.4) is 0 Å². The first-order chi connectivity index (χ1) is 15.0. The average molecular weight is 418 g/mol. The summed E-state index contributed by atoms with van der Waals surface area (Å²) in [4.78, 5) is 34.9. The van der Waals surface area contributed by atoms with E-state index in [-0.39, 0.29) is 30.3 Å². The molecule has 0 bridgehead atoms. The molecule has 7 nitrogen and oxygen atoms in total. The van der Waals surface area contributed by atoms with Gasteiger partial charge in [-0.2, -0.15) is 0 Å². The van der Waals surface area contributed by atoms with Gasteiger partial charge in [-0.15, -0.1) is 0 Å². The zero-order valence-electron chi connectivity index (χ0n) is 17.6. The Hall–Kier alpha value is -3.19. The standard InChI is InChI=1S/C24H26N4O3/c1-15-4-6-16(7-5-15)13-28-14-17(11-22(28)29)24(30)25-18-8-9-19-20(12-18)27-23(26-19)21-3-2-10-31-21/h4-9,12,17,21H,2-3,10-11,13-14H2,1H3,(H,25,30)(H,26,27). The lowest BCUT2D eigenvalue weighted by molar-refractivity contribution is -0.128. The van der Waals surface area contributed by atoms with E-state index in [1.54, 1.807) is 4.90 Å². The average Bonchev–Trinajstić information content (AvgIpc) is 3.49. The van der Waals surface area contributed by atoms with Crippen LogP contribution in [0.4, 0.5) is 5.69 Å². The second-order valence-electron chi connectivity index (χ2n) is 8.51. The number of carbonyl (C=O) groups excluding carboxylic acids is 2. The first-order valence-electron chi connectivity index (χ1n) is 10.8. The van der Waals surface area contributed by atoms with Crippen LogP contribution in [0.1, 0.15) is 42.3 Å². The van der Waals surface area contributed by atoms with Crippen molar-refractivity contribution in [3.8, 4) is 0 Å². The Kier molecular flexibility index (Phi) is 5.19. The molecule has 2 aromatic carbocycles. The summed E-state index contributed by atoms with van der Waals surface area (Å²) in [6, 6.07) is 13.8. The largest absolute Gasteiger partial charge is 0.370 e. The van der Waals surface area contributed by atoms with Gasteiger partial charge in [-0.3, -0.25) is 9.59 Å². The molecule has 160 valence electrons. The van der Waals surface area contributed by atoms with Gasteiger partial charge in [0.05, 0.1) is 17.0 Å². The van der Waals surface area contributed by atoms with Gasteiger partial charge in [0.1, 0.15) is 11.9 Å². The number of rotatable bonds is 5. The van der Waals surface area contributed by atoms with Crippen molar-refractivity contribution in [3.05, 3.63) is 59.4 Å². The van der Waals surface area contributed by atoms with E-state index in [2.05, 4.69) is 15.3 Å². The number of benzene rings is 2. The zero-order valence-corrected chi connectivity index (χ0v) is 17.6. The Morgan fingerprint density at radius 3 is 2.87 bits per heavy atom. The van der Waals surface area contributed by atoms with Crippen LogP contribution in [-0.4, -0.2) is 39.8 Å². The van der Waals surface area contributed by atoms with Crippen molar-refractivity contribution in [1.82, 2.24) is 14.9 Å². The number of imidazole rings is 1. The third-order valence-corrected chi connectivity index (χ3v) is 6.08. The molecule has 0 radical (unpaired) electrons. The molecule has 2 unspecified atom stereocenters. The molecule has 31 heavy (non-hydrogen) atoms. The van der Waals surface area contributed by atoms with Crippen LogP contribution in [0.15, 0.2) is 42.5 Å². The van der Waals surface area contributed by atoms with Gasteiger partial charge in [-0.25, -0.2) is 4.98 Å². The number of nitrogens with zero attached hydrogens (tertiary/aromatic N) is 2. The molecule has 7 heteroatoms. The van der Waals surface area contributed by atoms with Crippen molar-refractivity contribution in [3.63, 3.8) is 0 Å². The minimum atomic E-state index is -0.349. The Balaban J connectivity index is 1.23. The Morgan fingerprint density at radius 1 is 1.26 bits per heavy atom. The van der Waals surface area contributed by atoms with Crippen molar-refractivity contribution < 1.29 is 14.3 Å². The third kappa shape index (κ3) is 4.18. The molecule has 3 aromatic rings. The third-order valence-electron chi connectivity index (χ3n) is 6.08. The number of likely N-dealkylation sites (tertiary alicyclic amines) is 1. The Morgan fingerprint density at radius 2 is 2.10 bits per heavy atom. The minimum Gasteiger partial charge on any atom is -0.370 e. The number of aromatic nitrogens is 2. The maximum Gasteiger partial charge on any atom is 0.229 e. The van der Waals surface area contributed by atoms with Crippen molar-refractivity contribution >= 4 is 28.5 Å². The monoisotopic (exact) mass is 418 g/mol. The van der Waals surface area contributed by atoms with E-state index in [9.17, 15) is 9.59 Å². The van der Waals surface area contributed by atoms with E-state index < -0.39 is 0 Å². The molecule has 2 amide bonds. The smallest absolute Gasteiger partial charge is 0.229 e. The lowest BCUT2D eigenvalue weighted by Gasteiger charge is -2.17. The maximum absolute atomic E-state index is 12.8. The van der Waals surface area contributed by atoms with Gasteiger partial charge in [0, 0.05) is 31.8 Å². The highest BCUT2D eigenvalue weighted by Crippen LogP contribution is 2.29. The number of carbonyl (C=O) groups is 2. The molecule has 0 saturated carbocycles. The van der Waals surface area contributed by atoms with Crippen molar-refractivity contribution in [2.75, 3.05) is 18.5 Å². The highest BCUT2D eigenvalue weighted by molar-refractivity contribution is 5.98. The number of aromatic amines is 1. The quantitative estimate of drug-likeness (QED) is 0.661.